The van der Waals surface area contributed by atoms with Gasteiger partial charge in [-0.25, -0.2) is 14.8 Å². The average molecular weight is 288 g/mol. The third kappa shape index (κ3) is 2.28. The predicted octanol–water partition coefficient (Wildman–Crippen LogP) is 0.631. The summed E-state index contributed by atoms with van der Waals surface area (Å²) in [4.78, 5) is 22.1. The van der Waals surface area contributed by atoms with E-state index in [1.165, 1.54) is 18.1 Å². The number of nitrogen functional groups attached to an aromatic ring is 1. The number of nitrogens with zero attached hydrogens (tertiary/aromatic N) is 5. The van der Waals surface area contributed by atoms with Crippen molar-refractivity contribution < 1.29 is 9.53 Å². The number of anilines is 2. The molecular formula is C13H16N6O2. The van der Waals surface area contributed by atoms with Crippen molar-refractivity contribution in [1.29, 1.82) is 0 Å². The van der Waals surface area contributed by atoms with Gasteiger partial charge in [0.05, 0.1) is 7.11 Å². The molecule has 110 valence electrons. The monoisotopic (exact) mass is 288 g/mol. The van der Waals surface area contributed by atoms with E-state index in [9.17, 15) is 4.79 Å². The Morgan fingerprint density at radius 2 is 2.14 bits per heavy atom. The number of nitrogens with two attached hydrogens (primary N) is 1. The number of hydrogen-bond acceptors (Lipinski definition) is 7. The molecule has 2 N–H and O–H groups in total. The zero-order valence-electron chi connectivity index (χ0n) is 11.7. The van der Waals surface area contributed by atoms with E-state index in [1.807, 2.05) is 4.90 Å². The number of esters is 1. The molecule has 3 rings (SSSR count). The van der Waals surface area contributed by atoms with Crippen LogP contribution in [-0.4, -0.2) is 45.9 Å². The van der Waals surface area contributed by atoms with Gasteiger partial charge in [0.25, 0.3) is 0 Å². The van der Waals surface area contributed by atoms with Gasteiger partial charge in [-0.05, 0) is 12.8 Å². The van der Waals surface area contributed by atoms with Gasteiger partial charge in [0.15, 0.2) is 11.6 Å². The van der Waals surface area contributed by atoms with Gasteiger partial charge in [0.1, 0.15) is 17.7 Å². The van der Waals surface area contributed by atoms with Crippen LogP contribution in [0.25, 0.3) is 5.82 Å². The summed E-state index contributed by atoms with van der Waals surface area (Å²) < 4.78 is 6.28. The fraction of sp³-hybridized carbons (Fsp3) is 0.385. The van der Waals surface area contributed by atoms with Gasteiger partial charge in [-0.2, -0.15) is 4.68 Å². The summed E-state index contributed by atoms with van der Waals surface area (Å²) in [6.07, 6.45) is 5.14. The Morgan fingerprint density at radius 3 is 2.76 bits per heavy atom. The van der Waals surface area contributed by atoms with Crippen LogP contribution in [0, 0.1) is 0 Å². The average Bonchev–Trinajstić information content (AvgIpc) is 3.15. The maximum absolute atomic E-state index is 12.0. The first-order valence-electron chi connectivity index (χ1n) is 6.70. The molecule has 0 saturated carbocycles. The standard InChI is InChI=1S/C13H16N6O2/c1-21-13(20)10-11(14)19(9-4-5-15-8-16-9)17-12(10)18-6-2-3-7-18/h4-5,8H,2-3,6-7,14H2,1H3. The molecule has 0 unspecified atom stereocenters. The smallest absolute Gasteiger partial charge is 0.345 e. The van der Waals surface area contributed by atoms with Crippen molar-refractivity contribution >= 4 is 17.6 Å². The molecular weight excluding hydrogens is 272 g/mol. The van der Waals surface area contributed by atoms with Crippen LogP contribution in [0.2, 0.25) is 0 Å². The van der Waals surface area contributed by atoms with Crippen LogP contribution in [-0.2, 0) is 4.74 Å². The van der Waals surface area contributed by atoms with Gasteiger partial charge in [-0.1, -0.05) is 0 Å². The summed E-state index contributed by atoms with van der Waals surface area (Å²) in [5, 5.41) is 4.46. The number of carbonyl (C=O) groups is 1. The Labute approximate surface area is 121 Å². The second kappa shape index (κ2) is 5.39. The van der Waals surface area contributed by atoms with Gasteiger partial charge >= 0.3 is 5.97 Å². The minimum atomic E-state index is -0.491. The first kappa shape index (κ1) is 13.3. The molecule has 0 amide bonds. The minimum Gasteiger partial charge on any atom is -0.465 e. The maximum Gasteiger partial charge on any atom is 0.345 e. The lowest BCUT2D eigenvalue weighted by atomic mass is 10.3. The van der Waals surface area contributed by atoms with E-state index >= 15 is 0 Å². The molecule has 1 saturated heterocycles. The highest BCUT2D eigenvalue weighted by atomic mass is 16.5. The van der Waals surface area contributed by atoms with Crippen LogP contribution >= 0.6 is 0 Å². The number of methoxy groups -OCH3 is 1. The zero-order valence-corrected chi connectivity index (χ0v) is 11.7. The summed E-state index contributed by atoms with van der Waals surface area (Å²) in [6, 6.07) is 1.68. The molecule has 2 aromatic heterocycles. The first-order valence-corrected chi connectivity index (χ1v) is 6.70. The third-order valence-corrected chi connectivity index (χ3v) is 3.48. The van der Waals surface area contributed by atoms with E-state index in [1.54, 1.807) is 12.3 Å². The first-order chi connectivity index (χ1) is 10.2. The molecule has 1 aliphatic rings. The van der Waals surface area contributed by atoms with Crippen molar-refractivity contribution in [3.8, 4) is 5.82 Å². The Balaban J connectivity index is 2.12. The summed E-state index contributed by atoms with van der Waals surface area (Å²) in [5.74, 6) is 0.797. The van der Waals surface area contributed by atoms with Crippen molar-refractivity contribution in [3.05, 3.63) is 24.2 Å². The topological polar surface area (TPSA) is 99.2 Å². The van der Waals surface area contributed by atoms with Crippen LogP contribution in [0.15, 0.2) is 18.6 Å². The number of rotatable bonds is 3. The lowest BCUT2D eigenvalue weighted by Gasteiger charge is -2.15. The number of hydrogen-bond donors (Lipinski definition) is 1. The highest BCUT2D eigenvalue weighted by Crippen LogP contribution is 2.30. The molecule has 0 bridgehead atoms. The van der Waals surface area contributed by atoms with Crippen molar-refractivity contribution in [2.75, 3.05) is 30.8 Å². The van der Waals surface area contributed by atoms with Crippen molar-refractivity contribution in [2.24, 2.45) is 0 Å². The van der Waals surface area contributed by atoms with Gasteiger partial charge in [0.2, 0.25) is 0 Å². The van der Waals surface area contributed by atoms with E-state index in [2.05, 4.69) is 15.1 Å². The Morgan fingerprint density at radius 1 is 1.38 bits per heavy atom. The van der Waals surface area contributed by atoms with E-state index in [4.69, 9.17) is 10.5 Å². The van der Waals surface area contributed by atoms with Gasteiger partial charge in [-0.15, -0.1) is 5.10 Å². The maximum atomic E-state index is 12.0. The molecule has 0 radical (unpaired) electrons. The molecule has 0 aromatic carbocycles. The van der Waals surface area contributed by atoms with Crippen LogP contribution in [0.5, 0.6) is 0 Å². The van der Waals surface area contributed by atoms with Gasteiger partial charge in [-0.3, -0.25) is 0 Å². The molecule has 21 heavy (non-hydrogen) atoms. The Bertz CT molecular complexity index is 648. The third-order valence-electron chi connectivity index (χ3n) is 3.48. The fourth-order valence-electron chi connectivity index (χ4n) is 2.45. The molecule has 3 heterocycles. The predicted molar refractivity (Wildman–Crippen MR) is 76.4 cm³/mol. The lowest BCUT2D eigenvalue weighted by Crippen LogP contribution is -2.21. The summed E-state index contributed by atoms with van der Waals surface area (Å²) >= 11 is 0. The van der Waals surface area contributed by atoms with E-state index < -0.39 is 5.97 Å². The molecule has 0 spiro atoms. The minimum absolute atomic E-state index is 0.224. The number of carbonyl (C=O) groups excluding carboxylic acids is 1. The largest absolute Gasteiger partial charge is 0.465 e. The van der Waals surface area contributed by atoms with Crippen molar-refractivity contribution in [1.82, 2.24) is 19.7 Å². The summed E-state index contributed by atoms with van der Waals surface area (Å²) in [5.41, 5.74) is 6.38. The second-order valence-electron chi connectivity index (χ2n) is 4.75. The number of aromatic nitrogens is 4. The molecule has 0 aliphatic carbocycles. The molecule has 1 aliphatic heterocycles. The normalized spacial score (nSPS) is 14.4. The SMILES string of the molecule is COC(=O)c1c(N2CCCC2)nn(-c2ccncn2)c1N. The van der Waals surface area contributed by atoms with Crippen LogP contribution in [0.4, 0.5) is 11.6 Å². The molecule has 1 fully saturated rings. The van der Waals surface area contributed by atoms with E-state index in [-0.39, 0.29) is 11.4 Å². The van der Waals surface area contributed by atoms with Crippen molar-refractivity contribution in [3.63, 3.8) is 0 Å². The number of ether oxygens (including phenoxy) is 1. The van der Waals surface area contributed by atoms with E-state index in [0.29, 0.717) is 11.6 Å². The zero-order chi connectivity index (χ0) is 14.8. The van der Waals surface area contributed by atoms with Crippen molar-refractivity contribution in [2.45, 2.75) is 12.8 Å². The lowest BCUT2D eigenvalue weighted by molar-refractivity contribution is 0.0602. The molecule has 8 heteroatoms. The van der Waals surface area contributed by atoms with Crippen LogP contribution < -0.4 is 10.6 Å². The Hall–Kier alpha value is -2.64. The highest BCUT2D eigenvalue weighted by Gasteiger charge is 2.28. The molecule has 0 atom stereocenters. The Kier molecular flexibility index (Phi) is 3.43. The van der Waals surface area contributed by atoms with Crippen LogP contribution in [0.3, 0.4) is 0 Å². The van der Waals surface area contributed by atoms with Gasteiger partial charge in [0, 0.05) is 25.4 Å². The van der Waals surface area contributed by atoms with Crippen LogP contribution in [0.1, 0.15) is 23.2 Å². The summed E-state index contributed by atoms with van der Waals surface area (Å²) in [7, 11) is 1.33. The highest BCUT2D eigenvalue weighted by molar-refractivity contribution is 6.00. The fourth-order valence-corrected chi connectivity index (χ4v) is 2.45. The molecule has 2 aromatic rings. The second-order valence-corrected chi connectivity index (χ2v) is 4.75. The molecule has 8 nitrogen and oxygen atoms in total. The van der Waals surface area contributed by atoms with Gasteiger partial charge < -0.3 is 15.4 Å². The van der Waals surface area contributed by atoms with E-state index in [0.717, 1.165) is 25.9 Å². The summed E-state index contributed by atoms with van der Waals surface area (Å²) in [6.45, 7) is 1.70. The quantitative estimate of drug-likeness (QED) is 0.827.